The molecule has 0 saturated heterocycles. The molecule has 0 aliphatic heterocycles. The second-order valence-electron chi connectivity index (χ2n) is 1.56. The maximum atomic E-state index is 5.25. The molecule has 0 aromatic heterocycles. The lowest BCUT2D eigenvalue weighted by Gasteiger charge is -1.83. The Balaban J connectivity index is 3.03. The predicted molar refractivity (Wildman–Crippen MR) is 33.9 cm³/mol. The lowest BCUT2D eigenvalue weighted by molar-refractivity contribution is 2.00. The van der Waals surface area contributed by atoms with E-state index in [1.165, 1.54) is 0 Å². The molecule has 0 heterocycles. The van der Waals surface area contributed by atoms with Crippen LogP contribution < -0.4 is 0 Å². The highest BCUT2D eigenvalue weighted by Gasteiger charge is 1.80. The first-order valence-electron chi connectivity index (χ1n) is 2.04. The summed E-state index contributed by atoms with van der Waals surface area (Å²) in [6, 6.07) is 0. The van der Waals surface area contributed by atoms with Crippen molar-refractivity contribution in [2.75, 3.05) is 0 Å². The van der Waals surface area contributed by atoms with Crippen LogP contribution in [-0.2, 0) is 0 Å². The molecular weight excluding hydrogens is 112 g/mol. The van der Waals surface area contributed by atoms with Gasteiger partial charge in [0.25, 0.3) is 0 Å². The SMILES string of the molecule is C[SiH](C)C=CCl. The minimum atomic E-state index is -0.483. The first kappa shape index (κ1) is 6.25. The predicted octanol–water partition coefficient (Wildman–Crippen LogP) is 1.76. The van der Waals surface area contributed by atoms with Gasteiger partial charge in [-0.2, -0.15) is 0 Å². The molecule has 36 valence electrons. The molecule has 0 rings (SSSR count). The molecule has 0 atom stereocenters. The van der Waals surface area contributed by atoms with Crippen LogP contribution in [0.25, 0.3) is 0 Å². The van der Waals surface area contributed by atoms with Crippen molar-refractivity contribution in [3.05, 3.63) is 11.2 Å². The molecule has 2 heteroatoms. The van der Waals surface area contributed by atoms with Crippen molar-refractivity contribution in [1.82, 2.24) is 0 Å². The van der Waals surface area contributed by atoms with Crippen molar-refractivity contribution in [2.24, 2.45) is 0 Å². The zero-order chi connectivity index (χ0) is 4.99. The zero-order valence-electron chi connectivity index (χ0n) is 4.11. The van der Waals surface area contributed by atoms with Gasteiger partial charge >= 0.3 is 0 Å². The van der Waals surface area contributed by atoms with Crippen molar-refractivity contribution in [2.45, 2.75) is 13.1 Å². The Bertz CT molecular complexity index is 49.5. The van der Waals surface area contributed by atoms with E-state index in [-0.39, 0.29) is 0 Å². The molecule has 0 amide bonds. The molecule has 6 heavy (non-hydrogen) atoms. The summed E-state index contributed by atoms with van der Waals surface area (Å²) in [5.41, 5.74) is 3.68. The van der Waals surface area contributed by atoms with E-state index in [4.69, 9.17) is 11.6 Å². The lowest BCUT2D eigenvalue weighted by Crippen LogP contribution is -1.90. The maximum Gasteiger partial charge on any atom is 0.0565 e. The Morgan fingerprint density at radius 3 is 2.00 bits per heavy atom. The third-order valence-corrected chi connectivity index (χ3v) is 1.81. The van der Waals surface area contributed by atoms with E-state index >= 15 is 0 Å². The molecule has 0 aliphatic rings. The summed E-state index contributed by atoms with van der Waals surface area (Å²) in [4.78, 5) is 0. The van der Waals surface area contributed by atoms with Crippen LogP contribution in [0.3, 0.4) is 0 Å². The summed E-state index contributed by atoms with van der Waals surface area (Å²) in [6.07, 6.45) is 0. The highest BCUT2D eigenvalue weighted by Crippen LogP contribution is 1.83. The number of halogens is 1. The van der Waals surface area contributed by atoms with E-state index in [2.05, 4.69) is 18.8 Å². The van der Waals surface area contributed by atoms with Gasteiger partial charge in [-0.25, -0.2) is 0 Å². The number of hydrogen-bond acceptors (Lipinski definition) is 0. The van der Waals surface area contributed by atoms with Crippen molar-refractivity contribution >= 4 is 20.4 Å². The summed E-state index contributed by atoms with van der Waals surface area (Å²) in [7, 11) is -0.483. The van der Waals surface area contributed by atoms with Crippen molar-refractivity contribution in [3.63, 3.8) is 0 Å². The Morgan fingerprint density at radius 1 is 1.50 bits per heavy atom. The van der Waals surface area contributed by atoms with Gasteiger partial charge in [-0.05, 0) is 5.54 Å². The Hall–Kier alpha value is 0.247. The molecule has 0 spiro atoms. The third-order valence-electron chi connectivity index (χ3n) is 0.458. The third kappa shape index (κ3) is 4.25. The molecule has 0 unspecified atom stereocenters. The Labute approximate surface area is 45.4 Å². The van der Waals surface area contributed by atoms with Crippen LogP contribution in [0.15, 0.2) is 11.2 Å². The standard InChI is InChI=1S/C4H9ClSi/c1-6(2)4-3-5/h3-4,6H,1-2H3. The van der Waals surface area contributed by atoms with Crippen LogP contribution in [0.5, 0.6) is 0 Å². The van der Waals surface area contributed by atoms with Gasteiger partial charge in [0.1, 0.15) is 0 Å². The Morgan fingerprint density at radius 2 is 2.00 bits per heavy atom. The monoisotopic (exact) mass is 120 g/mol. The van der Waals surface area contributed by atoms with Crippen LogP contribution in [0.2, 0.25) is 13.1 Å². The maximum absolute atomic E-state index is 5.25. The van der Waals surface area contributed by atoms with Crippen molar-refractivity contribution in [1.29, 1.82) is 0 Å². The molecule has 0 saturated carbocycles. The molecular formula is C4H9ClSi. The fourth-order valence-corrected chi connectivity index (χ4v) is 1.31. The van der Waals surface area contributed by atoms with Gasteiger partial charge in [-0.15, -0.1) is 0 Å². The van der Waals surface area contributed by atoms with Gasteiger partial charge in [-0.3, -0.25) is 0 Å². The summed E-state index contributed by atoms with van der Waals surface area (Å²) in [6.45, 7) is 4.44. The molecule has 0 aromatic carbocycles. The van der Waals surface area contributed by atoms with Crippen molar-refractivity contribution in [3.8, 4) is 0 Å². The largest absolute Gasteiger partial charge is 0.0937 e. The van der Waals surface area contributed by atoms with Gasteiger partial charge in [-0.1, -0.05) is 30.4 Å². The average Bonchev–Trinajstić information content (AvgIpc) is 1.35. The highest BCUT2D eigenvalue weighted by molar-refractivity contribution is 6.62. The van der Waals surface area contributed by atoms with Gasteiger partial charge < -0.3 is 0 Å². The minimum Gasteiger partial charge on any atom is -0.0937 e. The van der Waals surface area contributed by atoms with Crippen LogP contribution in [0, 0.1) is 0 Å². The minimum absolute atomic E-state index is 0.483. The highest BCUT2D eigenvalue weighted by atomic mass is 35.5. The first-order chi connectivity index (χ1) is 2.77. The normalized spacial score (nSPS) is 11.3. The zero-order valence-corrected chi connectivity index (χ0v) is 6.02. The van der Waals surface area contributed by atoms with E-state index in [0.717, 1.165) is 0 Å². The molecule has 0 aromatic rings. The molecule has 0 aliphatic carbocycles. The lowest BCUT2D eigenvalue weighted by atomic mass is 11.2. The topological polar surface area (TPSA) is 0 Å². The van der Waals surface area contributed by atoms with E-state index < -0.39 is 8.80 Å². The summed E-state index contributed by atoms with van der Waals surface area (Å²) in [5, 5.41) is 0. The smallest absolute Gasteiger partial charge is 0.0565 e. The van der Waals surface area contributed by atoms with E-state index in [9.17, 15) is 0 Å². The molecule has 0 N–H and O–H groups in total. The molecule has 0 radical (unpaired) electrons. The van der Waals surface area contributed by atoms with Crippen LogP contribution in [0.4, 0.5) is 0 Å². The summed E-state index contributed by atoms with van der Waals surface area (Å²) >= 11 is 5.25. The quantitative estimate of drug-likeness (QED) is 0.463. The molecule has 0 nitrogen and oxygen atoms in total. The second-order valence-corrected chi connectivity index (χ2v) is 4.69. The van der Waals surface area contributed by atoms with Crippen LogP contribution >= 0.6 is 11.6 Å². The summed E-state index contributed by atoms with van der Waals surface area (Å²) < 4.78 is 0. The van der Waals surface area contributed by atoms with Gasteiger partial charge in [0.2, 0.25) is 0 Å². The average molecular weight is 121 g/mol. The second kappa shape index (κ2) is 3.44. The van der Waals surface area contributed by atoms with E-state index in [0.29, 0.717) is 0 Å². The molecule has 0 fully saturated rings. The van der Waals surface area contributed by atoms with Crippen LogP contribution in [0.1, 0.15) is 0 Å². The van der Waals surface area contributed by atoms with Gasteiger partial charge in [0, 0.05) is 0 Å². The van der Waals surface area contributed by atoms with E-state index in [1.54, 1.807) is 5.54 Å². The number of hydrogen-bond donors (Lipinski definition) is 0. The van der Waals surface area contributed by atoms with Gasteiger partial charge in [0.05, 0.1) is 8.80 Å². The fourth-order valence-electron chi connectivity index (χ4n) is 0.145. The van der Waals surface area contributed by atoms with Crippen LogP contribution in [-0.4, -0.2) is 8.80 Å². The van der Waals surface area contributed by atoms with Crippen molar-refractivity contribution < 1.29 is 0 Å². The van der Waals surface area contributed by atoms with Gasteiger partial charge in [0.15, 0.2) is 0 Å². The first-order valence-corrected chi connectivity index (χ1v) is 5.45. The summed E-state index contributed by atoms with van der Waals surface area (Å²) in [5.74, 6) is 0. The van der Waals surface area contributed by atoms with E-state index in [1.807, 2.05) is 0 Å². The Kier molecular flexibility index (Phi) is 3.58. The molecule has 0 bridgehead atoms. The number of rotatable bonds is 1. The fraction of sp³-hybridized carbons (Fsp3) is 0.500.